The number of rotatable bonds is 13. The van der Waals surface area contributed by atoms with Gasteiger partial charge >= 0.3 is 5.97 Å². The summed E-state index contributed by atoms with van der Waals surface area (Å²) in [6.45, 7) is 10.8. The standard InChI is InChI=1S/C33H40N2O5S/c1-4-6-19-40-32(39)27-26-20-22(3)33(41-26)28(27)30(37)35(17-10-7-11-18-36)29(33)31(38)34(16-5-2)25-15-14-23-12-8-9-13-24(23)21-25/h4-5,8-9,12-15,21-22,26-29,36H,1-2,6-7,10-11,16-20H2,3H3/t22?,26-,27+,28-,29?,33?/m0/s1. The van der Waals surface area contributed by atoms with E-state index in [2.05, 4.69) is 20.1 Å². The maximum Gasteiger partial charge on any atom is 0.310 e. The molecule has 6 atom stereocenters. The zero-order chi connectivity index (χ0) is 29.1. The maximum absolute atomic E-state index is 14.8. The Balaban J connectivity index is 1.54. The lowest BCUT2D eigenvalue weighted by atomic mass is 9.66. The summed E-state index contributed by atoms with van der Waals surface area (Å²) in [7, 11) is 0. The molecule has 3 heterocycles. The third-order valence-corrected chi connectivity index (χ3v) is 11.1. The quantitative estimate of drug-likeness (QED) is 0.206. The van der Waals surface area contributed by atoms with Crippen molar-refractivity contribution in [2.75, 3.05) is 31.2 Å². The molecule has 5 rings (SSSR count). The molecule has 8 heteroatoms. The van der Waals surface area contributed by atoms with Crippen molar-refractivity contribution in [2.24, 2.45) is 17.8 Å². The van der Waals surface area contributed by atoms with E-state index in [-0.39, 0.29) is 42.2 Å². The molecule has 0 aromatic heterocycles. The predicted molar refractivity (Wildman–Crippen MR) is 164 cm³/mol. The van der Waals surface area contributed by atoms with E-state index in [0.717, 1.165) is 29.3 Å². The van der Waals surface area contributed by atoms with Crippen LogP contribution in [0.4, 0.5) is 5.69 Å². The molecule has 0 radical (unpaired) electrons. The Morgan fingerprint density at radius 2 is 1.93 bits per heavy atom. The lowest BCUT2D eigenvalue weighted by Crippen LogP contribution is -2.57. The molecule has 218 valence electrons. The molecule has 1 N–H and O–H groups in total. The van der Waals surface area contributed by atoms with Crippen molar-refractivity contribution in [2.45, 2.75) is 55.1 Å². The molecule has 7 nitrogen and oxygen atoms in total. The van der Waals surface area contributed by atoms with Gasteiger partial charge in [-0.05, 0) is 60.9 Å². The first-order chi connectivity index (χ1) is 19.9. The van der Waals surface area contributed by atoms with Crippen molar-refractivity contribution >= 4 is 46.0 Å². The second-order valence-corrected chi connectivity index (χ2v) is 12.9. The van der Waals surface area contributed by atoms with E-state index in [9.17, 15) is 19.5 Å². The first kappa shape index (κ1) is 29.4. The molecule has 3 saturated heterocycles. The Labute approximate surface area is 246 Å². The van der Waals surface area contributed by atoms with Crippen LogP contribution < -0.4 is 4.90 Å². The summed E-state index contributed by atoms with van der Waals surface area (Å²) < 4.78 is 4.90. The number of fused-ring (bicyclic) bond motifs is 2. The van der Waals surface area contributed by atoms with Gasteiger partial charge in [0.15, 0.2) is 0 Å². The Morgan fingerprint density at radius 1 is 1.15 bits per heavy atom. The highest BCUT2D eigenvalue weighted by Gasteiger charge is 2.76. The predicted octanol–water partition coefficient (Wildman–Crippen LogP) is 4.98. The van der Waals surface area contributed by atoms with E-state index in [1.807, 2.05) is 42.5 Å². The molecule has 3 unspecified atom stereocenters. The average Bonchev–Trinajstić information content (AvgIpc) is 3.57. The van der Waals surface area contributed by atoms with E-state index in [1.54, 1.807) is 33.7 Å². The number of hydrogen-bond donors (Lipinski definition) is 1. The smallest absolute Gasteiger partial charge is 0.310 e. The van der Waals surface area contributed by atoms with Crippen molar-refractivity contribution in [3.05, 3.63) is 67.8 Å². The second-order valence-electron chi connectivity index (χ2n) is 11.4. The number of benzene rings is 2. The second kappa shape index (κ2) is 12.4. The van der Waals surface area contributed by atoms with Gasteiger partial charge in [-0.1, -0.05) is 49.4 Å². The number of thioether (sulfide) groups is 1. The number of carbonyl (C=O) groups is 3. The Bertz CT molecular complexity index is 1330. The minimum atomic E-state index is -0.714. The molecular weight excluding hydrogens is 536 g/mol. The van der Waals surface area contributed by atoms with Gasteiger partial charge in [-0.15, -0.1) is 24.9 Å². The highest BCUT2D eigenvalue weighted by molar-refractivity contribution is 8.02. The van der Waals surface area contributed by atoms with Gasteiger partial charge < -0.3 is 19.6 Å². The highest BCUT2D eigenvalue weighted by atomic mass is 32.2. The van der Waals surface area contributed by atoms with Crippen LogP contribution in [0.1, 0.15) is 39.0 Å². The van der Waals surface area contributed by atoms with Gasteiger partial charge in [0.1, 0.15) is 6.04 Å². The number of anilines is 1. The lowest BCUT2D eigenvalue weighted by molar-refractivity contribution is -0.154. The molecule has 0 aliphatic carbocycles. The summed E-state index contributed by atoms with van der Waals surface area (Å²) >= 11 is 1.66. The molecule has 2 aromatic carbocycles. The van der Waals surface area contributed by atoms with E-state index in [4.69, 9.17) is 4.74 Å². The summed E-state index contributed by atoms with van der Waals surface area (Å²) in [6.07, 6.45) is 6.79. The molecule has 41 heavy (non-hydrogen) atoms. The molecule has 2 amide bonds. The fraction of sp³-hybridized carbons (Fsp3) is 0.485. The summed E-state index contributed by atoms with van der Waals surface area (Å²) in [5.74, 6) is -1.72. The van der Waals surface area contributed by atoms with E-state index >= 15 is 0 Å². The van der Waals surface area contributed by atoms with Crippen molar-refractivity contribution in [3.8, 4) is 0 Å². The number of hydrogen-bond acceptors (Lipinski definition) is 6. The van der Waals surface area contributed by atoms with Crippen LogP contribution >= 0.6 is 11.8 Å². The van der Waals surface area contributed by atoms with Crippen LogP contribution in [-0.4, -0.2) is 70.1 Å². The third kappa shape index (κ3) is 5.10. The molecule has 2 aromatic rings. The summed E-state index contributed by atoms with van der Waals surface area (Å²) in [4.78, 5) is 45.9. The third-order valence-electron chi connectivity index (χ3n) is 9.00. The topological polar surface area (TPSA) is 87.2 Å². The molecule has 3 aliphatic rings. The van der Waals surface area contributed by atoms with E-state index in [1.165, 1.54) is 0 Å². The maximum atomic E-state index is 14.8. The first-order valence-electron chi connectivity index (χ1n) is 14.7. The number of ether oxygens (including phenoxy) is 1. The average molecular weight is 577 g/mol. The van der Waals surface area contributed by atoms with Gasteiger partial charge in [0, 0.05) is 30.6 Å². The van der Waals surface area contributed by atoms with Crippen LogP contribution in [-0.2, 0) is 19.1 Å². The highest BCUT2D eigenvalue weighted by Crippen LogP contribution is 2.68. The summed E-state index contributed by atoms with van der Waals surface area (Å²) in [5, 5.41) is 11.4. The fourth-order valence-corrected chi connectivity index (χ4v) is 9.57. The van der Waals surface area contributed by atoms with Gasteiger partial charge in [-0.25, -0.2) is 0 Å². The van der Waals surface area contributed by atoms with Crippen LogP contribution in [0.2, 0.25) is 0 Å². The monoisotopic (exact) mass is 576 g/mol. The van der Waals surface area contributed by atoms with E-state index < -0.39 is 22.6 Å². The number of amides is 2. The van der Waals surface area contributed by atoms with Crippen molar-refractivity contribution in [1.82, 2.24) is 4.90 Å². The zero-order valence-electron chi connectivity index (χ0n) is 23.7. The van der Waals surface area contributed by atoms with Gasteiger partial charge in [0.2, 0.25) is 5.91 Å². The van der Waals surface area contributed by atoms with Crippen LogP contribution in [0.3, 0.4) is 0 Å². The molecule has 3 fully saturated rings. The number of nitrogens with zero attached hydrogens (tertiary/aromatic N) is 2. The Hall–Kier alpha value is -3.10. The molecule has 1 spiro atoms. The Kier molecular flexibility index (Phi) is 8.90. The molecule has 3 aliphatic heterocycles. The van der Waals surface area contributed by atoms with E-state index in [0.29, 0.717) is 32.4 Å². The Morgan fingerprint density at radius 3 is 2.66 bits per heavy atom. The van der Waals surface area contributed by atoms with Crippen LogP contribution in [0.25, 0.3) is 10.8 Å². The lowest BCUT2D eigenvalue weighted by Gasteiger charge is -2.40. The number of unbranched alkanes of at least 4 members (excludes halogenated alkanes) is 2. The normalized spacial score (nSPS) is 28.1. The van der Waals surface area contributed by atoms with Gasteiger partial charge in [-0.2, -0.15) is 0 Å². The van der Waals surface area contributed by atoms with Gasteiger partial charge in [0.25, 0.3) is 5.91 Å². The zero-order valence-corrected chi connectivity index (χ0v) is 24.6. The van der Waals surface area contributed by atoms with Gasteiger partial charge in [0.05, 0.1) is 23.2 Å². The summed E-state index contributed by atoms with van der Waals surface area (Å²) in [6, 6.07) is 13.3. The SMILES string of the molecule is C=CCCOC(=O)[C@@H]1[C@@H]2CC(C)C3(S2)C(C(=O)N(CC=C)c2ccc4ccccc4c2)N(CCCCCO)C(=O)[C@H]13. The molecule has 2 bridgehead atoms. The number of aliphatic hydroxyl groups excluding tert-OH is 1. The number of aliphatic hydroxyl groups is 1. The molecule has 0 saturated carbocycles. The minimum absolute atomic E-state index is 0.0597. The largest absolute Gasteiger partial charge is 0.465 e. The summed E-state index contributed by atoms with van der Waals surface area (Å²) in [5.41, 5.74) is 0.756. The van der Waals surface area contributed by atoms with Crippen molar-refractivity contribution in [1.29, 1.82) is 0 Å². The van der Waals surface area contributed by atoms with Gasteiger partial charge in [-0.3, -0.25) is 14.4 Å². The fourth-order valence-electron chi connectivity index (χ4n) is 7.16. The first-order valence-corrected chi connectivity index (χ1v) is 15.5. The van der Waals surface area contributed by atoms with Crippen molar-refractivity contribution in [3.63, 3.8) is 0 Å². The van der Waals surface area contributed by atoms with Crippen LogP contribution in [0, 0.1) is 17.8 Å². The number of esters is 1. The minimum Gasteiger partial charge on any atom is -0.465 e. The number of likely N-dealkylation sites (tertiary alicyclic amines) is 1. The molecular formula is C33H40N2O5S. The number of carbonyl (C=O) groups excluding carboxylic acids is 3. The van der Waals surface area contributed by atoms with Crippen LogP contribution in [0.15, 0.2) is 67.8 Å². The van der Waals surface area contributed by atoms with Crippen LogP contribution in [0.5, 0.6) is 0 Å². The van der Waals surface area contributed by atoms with Crippen molar-refractivity contribution < 1.29 is 24.2 Å².